The van der Waals surface area contributed by atoms with Gasteiger partial charge in [-0.15, -0.1) is 0 Å². The van der Waals surface area contributed by atoms with E-state index in [2.05, 4.69) is 0 Å². The molecule has 0 aliphatic heterocycles. The zero-order valence-corrected chi connectivity index (χ0v) is 14.2. The molecule has 4 aliphatic carbocycles. The van der Waals surface area contributed by atoms with Gasteiger partial charge in [0.2, 0.25) is 0 Å². The van der Waals surface area contributed by atoms with Crippen molar-refractivity contribution in [3.05, 3.63) is 0 Å². The van der Waals surface area contributed by atoms with Crippen LogP contribution in [0.5, 0.6) is 0 Å². The van der Waals surface area contributed by atoms with Gasteiger partial charge in [-0.25, -0.2) is 0 Å². The van der Waals surface area contributed by atoms with Gasteiger partial charge in [0, 0.05) is 0 Å². The van der Waals surface area contributed by atoms with Gasteiger partial charge in [-0.3, -0.25) is 9.35 Å². The van der Waals surface area contributed by atoms with Crippen molar-refractivity contribution in [3.8, 4) is 0 Å². The fourth-order valence-electron chi connectivity index (χ4n) is 6.23. The summed E-state index contributed by atoms with van der Waals surface area (Å²) >= 11 is 0. The summed E-state index contributed by atoms with van der Waals surface area (Å²) in [4.78, 5) is 11.5. The Morgan fingerprint density at radius 2 is 1.78 bits per heavy atom. The van der Waals surface area contributed by atoms with Gasteiger partial charge in [0.1, 0.15) is 6.04 Å². The van der Waals surface area contributed by atoms with Crippen molar-refractivity contribution >= 4 is 16.1 Å². The van der Waals surface area contributed by atoms with E-state index < -0.39 is 22.1 Å². The average Bonchev–Trinajstić information content (AvgIpc) is 2.40. The molecule has 132 valence electrons. The first-order valence-electron chi connectivity index (χ1n) is 8.57. The number of unbranched alkanes of at least 4 members (excludes halogenated alkanes) is 1. The number of hydrogen-bond acceptors (Lipinski definition) is 4. The minimum Gasteiger partial charge on any atom is -0.480 e. The van der Waals surface area contributed by atoms with Crippen molar-refractivity contribution in [2.75, 3.05) is 5.75 Å². The van der Waals surface area contributed by atoms with E-state index in [4.69, 9.17) is 10.3 Å². The van der Waals surface area contributed by atoms with E-state index >= 15 is 0 Å². The van der Waals surface area contributed by atoms with E-state index in [1.54, 1.807) is 0 Å². The summed E-state index contributed by atoms with van der Waals surface area (Å²) in [6, 6.07) is -0.786. The van der Waals surface area contributed by atoms with Crippen LogP contribution < -0.4 is 5.73 Å². The first-order valence-corrected chi connectivity index (χ1v) is 10.2. The molecule has 0 aromatic carbocycles. The molecule has 0 radical (unpaired) electrons. The van der Waals surface area contributed by atoms with Crippen LogP contribution in [0.1, 0.15) is 57.8 Å². The Morgan fingerprint density at radius 1 is 1.17 bits per heavy atom. The van der Waals surface area contributed by atoms with Gasteiger partial charge in [-0.05, 0) is 74.0 Å². The van der Waals surface area contributed by atoms with Crippen molar-refractivity contribution in [2.45, 2.75) is 63.8 Å². The summed E-state index contributed by atoms with van der Waals surface area (Å²) in [5.41, 5.74) is 5.94. The monoisotopic (exact) mass is 345 g/mol. The van der Waals surface area contributed by atoms with Crippen molar-refractivity contribution in [3.63, 3.8) is 0 Å². The number of carbonyl (C=O) groups is 1. The second-order valence-corrected chi connectivity index (χ2v) is 9.95. The van der Waals surface area contributed by atoms with Crippen molar-refractivity contribution < 1.29 is 22.9 Å². The average molecular weight is 345 g/mol. The molecule has 6 nitrogen and oxygen atoms in total. The first-order chi connectivity index (χ1) is 10.6. The molecule has 4 fully saturated rings. The molecule has 0 heterocycles. The third-order valence-corrected chi connectivity index (χ3v) is 7.32. The second kappa shape index (κ2) is 5.70. The van der Waals surface area contributed by atoms with Crippen LogP contribution in [-0.4, -0.2) is 35.8 Å². The number of nitrogens with two attached hydrogens (primary N) is 1. The Balaban J connectivity index is 1.69. The Hall–Kier alpha value is -0.660. The van der Waals surface area contributed by atoms with Crippen LogP contribution in [0, 0.1) is 22.7 Å². The van der Waals surface area contributed by atoms with E-state index in [0.717, 1.165) is 44.9 Å². The van der Waals surface area contributed by atoms with Crippen LogP contribution in [0.2, 0.25) is 0 Å². The largest absolute Gasteiger partial charge is 0.480 e. The smallest absolute Gasteiger partial charge is 0.321 e. The van der Waals surface area contributed by atoms with Gasteiger partial charge in [0.15, 0.2) is 0 Å². The first kappa shape index (κ1) is 17.2. The molecule has 0 saturated heterocycles. The molecule has 7 heteroatoms. The third-order valence-electron chi connectivity index (χ3n) is 6.51. The van der Waals surface area contributed by atoms with Crippen LogP contribution in [0.25, 0.3) is 0 Å². The van der Waals surface area contributed by atoms with Crippen LogP contribution in [0.4, 0.5) is 0 Å². The maximum Gasteiger partial charge on any atom is 0.321 e. The van der Waals surface area contributed by atoms with Crippen LogP contribution in [-0.2, 0) is 14.9 Å². The molecule has 23 heavy (non-hydrogen) atoms. The molecular formula is C16H27NO5S. The number of aliphatic carboxylic acids is 1. The van der Waals surface area contributed by atoms with E-state index in [1.807, 2.05) is 0 Å². The molecule has 4 N–H and O–H groups in total. The maximum atomic E-state index is 11.5. The molecule has 0 amide bonds. The number of hydrogen-bond donors (Lipinski definition) is 3. The van der Waals surface area contributed by atoms with E-state index in [0.29, 0.717) is 18.3 Å². The highest BCUT2D eigenvalue weighted by molar-refractivity contribution is 7.85. The highest BCUT2D eigenvalue weighted by atomic mass is 32.2. The molecule has 0 aromatic rings. The quantitative estimate of drug-likeness (QED) is 0.480. The topological polar surface area (TPSA) is 118 Å². The van der Waals surface area contributed by atoms with Crippen LogP contribution in [0.15, 0.2) is 0 Å². The summed E-state index contributed by atoms with van der Waals surface area (Å²) in [7, 11) is -3.89. The lowest BCUT2D eigenvalue weighted by Gasteiger charge is -2.63. The van der Waals surface area contributed by atoms with Crippen LogP contribution >= 0.6 is 0 Å². The molecule has 2 unspecified atom stereocenters. The predicted molar refractivity (Wildman–Crippen MR) is 85.4 cm³/mol. The van der Waals surface area contributed by atoms with Crippen LogP contribution in [0.3, 0.4) is 0 Å². The zero-order chi connectivity index (χ0) is 16.9. The molecular weight excluding hydrogens is 318 g/mol. The van der Waals surface area contributed by atoms with E-state index in [9.17, 15) is 18.3 Å². The molecule has 4 bridgehead atoms. The summed E-state index contributed by atoms with van der Waals surface area (Å²) < 4.78 is 30.5. The predicted octanol–water partition coefficient (Wildman–Crippen LogP) is 2.04. The molecule has 0 spiro atoms. The van der Waals surface area contributed by atoms with Gasteiger partial charge in [0.25, 0.3) is 10.1 Å². The standard InChI is InChI=1S/C16H27NO5S/c17-13(14(18)19)16-8-11-5-12(9-16)7-15(6-11,10-16)3-1-2-4-23(20,21)22/h11-13H,1-10,17H2,(H,18,19)(H,20,21,22)/t11?,12?,13-,15?,16?/m1/s1. The molecule has 4 aliphatic rings. The van der Waals surface area contributed by atoms with Crippen molar-refractivity contribution in [1.82, 2.24) is 0 Å². The minimum absolute atomic E-state index is 0.135. The van der Waals surface area contributed by atoms with Gasteiger partial charge < -0.3 is 10.8 Å². The van der Waals surface area contributed by atoms with Crippen molar-refractivity contribution in [2.24, 2.45) is 28.4 Å². The highest BCUT2D eigenvalue weighted by Gasteiger charge is 2.60. The van der Waals surface area contributed by atoms with Gasteiger partial charge >= 0.3 is 5.97 Å². The Kier molecular flexibility index (Phi) is 4.26. The molecule has 3 atom stereocenters. The second-order valence-electron chi connectivity index (χ2n) is 8.38. The van der Waals surface area contributed by atoms with Gasteiger partial charge in [-0.2, -0.15) is 8.42 Å². The van der Waals surface area contributed by atoms with E-state index in [-0.39, 0.29) is 16.6 Å². The Morgan fingerprint density at radius 3 is 2.30 bits per heavy atom. The van der Waals surface area contributed by atoms with E-state index in [1.165, 1.54) is 6.42 Å². The Bertz CT molecular complexity index is 573. The lowest BCUT2D eigenvalue weighted by molar-refractivity contribution is -0.158. The lowest BCUT2D eigenvalue weighted by Crippen LogP contribution is -2.60. The van der Waals surface area contributed by atoms with Gasteiger partial charge in [-0.1, -0.05) is 6.42 Å². The fraction of sp³-hybridized carbons (Fsp3) is 0.938. The summed E-state index contributed by atoms with van der Waals surface area (Å²) in [6.45, 7) is 0. The summed E-state index contributed by atoms with van der Waals surface area (Å²) in [5, 5.41) is 9.41. The number of carboxylic acid groups (broad SMARTS) is 1. The third kappa shape index (κ3) is 3.42. The zero-order valence-electron chi connectivity index (χ0n) is 13.4. The normalized spacial score (nSPS) is 40.3. The minimum atomic E-state index is -3.89. The number of rotatable bonds is 7. The van der Waals surface area contributed by atoms with Gasteiger partial charge in [0.05, 0.1) is 5.75 Å². The molecule has 4 saturated carbocycles. The number of carboxylic acids is 1. The Labute approximate surface area is 137 Å². The summed E-state index contributed by atoms with van der Waals surface area (Å²) in [6.07, 6.45) is 8.34. The van der Waals surface area contributed by atoms with Crippen molar-refractivity contribution in [1.29, 1.82) is 0 Å². The maximum absolute atomic E-state index is 11.5. The summed E-state index contributed by atoms with van der Waals surface area (Å²) in [5.74, 6) is 0.0651. The SMILES string of the molecule is N[C@H](C(=O)O)C12CC3CC(CC(CCCCS(=O)(=O)O)(C3)C1)C2. The molecule has 0 aromatic heterocycles. The lowest BCUT2D eigenvalue weighted by atomic mass is 9.42. The highest BCUT2D eigenvalue weighted by Crippen LogP contribution is 2.67. The fourth-order valence-corrected chi connectivity index (χ4v) is 6.80. The molecule has 4 rings (SSSR count).